The first kappa shape index (κ1) is 26.8. The summed E-state index contributed by atoms with van der Waals surface area (Å²) in [4.78, 5) is 30.9. The van der Waals surface area contributed by atoms with Gasteiger partial charge >= 0.3 is 0 Å². The minimum absolute atomic E-state index is 0.0208. The van der Waals surface area contributed by atoms with Gasteiger partial charge in [-0.2, -0.15) is 0 Å². The van der Waals surface area contributed by atoms with E-state index in [1.54, 1.807) is 32.4 Å². The van der Waals surface area contributed by atoms with E-state index in [2.05, 4.69) is 34.3 Å². The molecule has 1 atom stereocenters. The van der Waals surface area contributed by atoms with Crippen LogP contribution < -0.4 is 19.5 Å². The molecule has 200 valence electrons. The maximum absolute atomic E-state index is 13.0. The Bertz CT molecular complexity index is 1070. The van der Waals surface area contributed by atoms with E-state index in [-0.39, 0.29) is 17.9 Å². The molecule has 0 aliphatic carbocycles. The summed E-state index contributed by atoms with van der Waals surface area (Å²) in [6, 6.07) is 13.7. The number of likely N-dealkylation sites (N-methyl/N-ethyl adjacent to an activating group) is 1. The predicted octanol–water partition coefficient (Wildman–Crippen LogP) is 2.25. The van der Waals surface area contributed by atoms with E-state index < -0.39 is 0 Å². The van der Waals surface area contributed by atoms with E-state index in [1.807, 2.05) is 17.0 Å². The van der Waals surface area contributed by atoms with Crippen LogP contribution in [0.1, 0.15) is 28.8 Å². The first-order valence-electron chi connectivity index (χ1n) is 12.9. The van der Waals surface area contributed by atoms with Gasteiger partial charge in [0.15, 0.2) is 0 Å². The van der Waals surface area contributed by atoms with Gasteiger partial charge in [-0.15, -0.1) is 0 Å². The summed E-state index contributed by atoms with van der Waals surface area (Å²) in [7, 11) is 5.23. The third kappa shape index (κ3) is 7.36. The number of ether oxygens (including phenoxy) is 3. The molecule has 2 heterocycles. The van der Waals surface area contributed by atoms with E-state index in [0.29, 0.717) is 43.2 Å². The number of carbonyl (C=O) groups is 2. The molecular weight excluding hydrogens is 472 g/mol. The lowest BCUT2D eigenvalue weighted by molar-refractivity contribution is -0.119. The maximum atomic E-state index is 13.0. The molecule has 2 aliphatic rings. The number of hydrogen-bond donors (Lipinski definition) is 1. The second-order valence-electron chi connectivity index (χ2n) is 9.70. The molecule has 4 rings (SSSR count). The van der Waals surface area contributed by atoms with Crippen LogP contribution in [-0.2, 0) is 11.3 Å². The summed E-state index contributed by atoms with van der Waals surface area (Å²) in [6.07, 6.45) is 1.54. The van der Waals surface area contributed by atoms with Crippen molar-refractivity contribution in [2.75, 3.05) is 67.1 Å². The second-order valence-corrected chi connectivity index (χ2v) is 9.70. The fourth-order valence-corrected chi connectivity index (χ4v) is 4.91. The van der Waals surface area contributed by atoms with Crippen molar-refractivity contribution >= 4 is 11.8 Å². The second kappa shape index (κ2) is 12.8. The van der Waals surface area contributed by atoms with Crippen LogP contribution >= 0.6 is 0 Å². The van der Waals surface area contributed by atoms with E-state index >= 15 is 0 Å². The molecule has 0 spiro atoms. The van der Waals surface area contributed by atoms with Crippen molar-refractivity contribution in [3.63, 3.8) is 0 Å². The van der Waals surface area contributed by atoms with E-state index in [0.717, 1.165) is 44.9 Å². The lowest BCUT2D eigenvalue weighted by Gasteiger charge is -2.34. The van der Waals surface area contributed by atoms with Gasteiger partial charge in [-0.1, -0.05) is 12.1 Å². The van der Waals surface area contributed by atoms with Crippen LogP contribution in [0.4, 0.5) is 0 Å². The highest BCUT2D eigenvalue weighted by Gasteiger charge is 2.25. The molecule has 9 heteroatoms. The van der Waals surface area contributed by atoms with Gasteiger partial charge in [-0.3, -0.25) is 14.5 Å². The first-order valence-corrected chi connectivity index (χ1v) is 12.9. The Morgan fingerprint density at radius 2 is 1.86 bits per heavy atom. The number of methoxy groups -OCH3 is 2. The molecule has 2 amide bonds. The molecule has 2 aromatic carbocycles. The van der Waals surface area contributed by atoms with Crippen molar-refractivity contribution in [3.8, 4) is 17.2 Å². The summed E-state index contributed by atoms with van der Waals surface area (Å²) in [5, 5.41) is 3.03. The minimum atomic E-state index is -0.0208. The third-order valence-electron chi connectivity index (χ3n) is 6.94. The van der Waals surface area contributed by atoms with Gasteiger partial charge in [-0.05, 0) is 43.3 Å². The lowest BCUT2D eigenvalue weighted by Crippen LogP contribution is -2.49. The molecule has 37 heavy (non-hydrogen) atoms. The Balaban J connectivity index is 1.19. The van der Waals surface area contributed by atoms with Gasteiger partial charge in [0, 0.05) is 64.3 Å². The smallest absolute Gasteiger partial charge is 0.257 e. The number of amides is 2. The summed E-state index contributed by atoms with van der Waals surface area (Å²) in [5.41, 5.74) is 1.74. The van der Waals surface area contributed by atoms with Gasteiger partial charge in [0.25, 0.3) is 5.91 Å². The van der Waals surface area contributed by atoms with Crippen molar-refractivity contribution in [2.24, 2.45) is 0 Å². The van der Waals surface area contributed by atoms with Gasteiger partial charge in [0.05, 0.1) is 19.8 Å². The monoisotopic (exact) mass is 510 g/mol. The van der Waals surface area contributed by atoms with Crippen molar-refractivity contribution < 1.29 is 23.8 Å². The molecule has 2 aromatic rings. The molecule has 0 aromatic heterocycles. The molecule has 0 bridgehead atoms. The molecule has 9 nitrogen and oxygen atoms in total. The average Bonchev–Trinajstić information content (AvgIpc) is 3.32. The zero-order valence-corrected chi connectivity index (χ0v) is 22.1. The zero-order chi connectivity index (χ0) is 26.2. The standard InChI is InChI=1S/C28H38N4O5/c1-30(20-22-7-10-27(33)29-22)19-21-5-4-6-24(17-21)37-16-15-31-11-13-32(14-12-31)28(34)25-9-8-23(35-2)18-26(25)36-3/h4-6,8-9,17-18,22H,7,10-16,19-20H2,1-3H3,(H,29,33)/t22-/m1/s1. The molecule has 1 N–H and O–H groups in total. The summed E-state index contributed by atoms with van der Waals surface area (Å²) in [5.74, 6) is 2.18. The predicted molar refractivity (Wildman–Crippen MR) is 141 cm³/mol. The molecule has 2 saturated heterocycles. The van der Waals surface area contributed by atoms with Gasteiger partial charge in [0.2, 0.25) is 5.91 Å². The molecule has 2 aliphatic heterocycles. The van der Waals surface area contributed by atoms with Gasteiger partial charge < -0.3 is 29.3 Å². The Labute approximate surface area is 219 Å². The van der Waals surface area contributed by atoms with Crippen LogP contribution in [-0.4, -0.2) is 99.7 Å². The molecule has 0 radical (unpaired) electrons. The molecule has 2 fully saturated rings. The van der Waals surface area contributed by atoms with Crippen molar-refractivity contribution in [3.05, 3.63) is 53.6 Å². The maximum Gasteiger partial charge on any atom is 0.257 e. The molecule has 0 unspecified atom stereocenters. The van der Waals surface area contributed by atoms with Crippen LogP contribution in [0.5, 0.6) is 17.2 Å². The number of carbonyl (C=O) groups excluding carboxylic acids is 2. The van der Waals surface area contributed by atoms with Crippen LogP contribution in [0.3, 0.4) is 0 Å². The minimum Gasteiger partial charge on any atom is -0.497 e. The fraction of sp³-hybridized carbons (Fsp3) is 0.500. The third-order valence-corrected chi connectivity index (χ3v) is 6.94. The van der Waals surface area contributed by atoms with Crippen LogP contribution in [0, 0.1) is 0 Å². The highest BCUT2D eigenvalue weighted by atomic mass is 16.5. The Morgan fingerprint density at radius 1 is 1.05 bits per heavy atom. The van der Waals surface area contributed by atoms with Crippen molar-refractivity contribution in [1.82, 2.24) is 20.0 Å². The van der Waals surface area contributed by atoms with Gasteiger partial charge in [-0.25, -0.2) is 0 Å². The highest BCUT2D eigenvalue weighted by Crippen LogP contribution is 2.26. The number of hydrogen-bond acceptors (Lipinski definition) is 7. The van der Waals surface area contributed by atoms with Crippen LogP contribution in [0.25, 0.3) is 0 Å². The summed E-state index contributed by atoms with van der Waals surface area (Å²) >= 11 is 0. The number of rotatable bonds is 11. The molecular formula is C28H38N4O5. The SMILES string of the molecule is COc1ccc(C(=O)N2CCN(CCOc3cccc(CN(C)C[C@H]4CCC(=O)N4)c3)CC2)c(OC)c1. The molecule has 0 saturated carbocycles. The Morgan fingerprint density at radius 3 is 2.57 bits per heavy atom. The number of nitrogens with one attached hydrogen (secondary N) is 1. The number of benzene rings is 2. The van der Waals surface area contributed by atoms with Crippen molar-refractivity contribution in [1.29, 1.82) is 0 Å². The van der Waals surface area contributed by atoms with E-state index in [4.69, 9.17) is 14.2 Å². The van der Waals surface area contributed by atoms with Crippen LogP contribution in [0.15, 0.2) is 42.5 Å². The Hall–Kier alpha value is -3.30. The largest absolute Gasteiger partial charge is 0.497 e. The average molecular weight is 511 g/mol. The lowest BCUT2D eigenvalue weighted by atomic mass is 10.1. The topological polar surface area (TPSA) is 83.6 Å². The summed E-state index contributed by atoms with van der Waals surface area (Å²) < 4.78 is 16.7. The fourth-order valence-electron chi connectivity index (χ4n) is 4.91. The van der Waals surface area contributed by atoms with E-state index in [1.165, 1.54) is 5.56 Å². The first-order chi connectivity index (χ1) is 17.9. The number of nitrogens with zero attached hydrogens (tertiary/aromatic N) is 3. The number of piperazine rings is 1. The summed E-state index contributed by atoms with van der Waals surface area (Å²) in [6.45, 7) is 5.98. The van der Waals surface area contributed by atoms with Crippen LogP contribution in [0.2, 0.25) is 0 Å². The Kier molecular flexibility index (Phi) is 9.24. The van der Waals surface area contributed by atoms with Gasteiger partial charge in [0.1, 0.15) is 23.9 Å². The quantitative estimate of drug-likeness (QED) is 0.497. The van der Waals surface area contributed by atoms with E-state index in [9.17, 15) is 9.59 Å². The highest BCUT2D eigenvalue weighted by molar-refractivity contribution is 5.97. The normalized spacial score (nSPS) is 18.1. The van der Waals surface area contributed by atoms with Crippen molar-refractivity contribution in [2.45, 2.75) is 25.4 Å². The zero-order valence-electron chi connectivity index (χ0n) is 22.1.